The number of nitrogens with zero attached hydrogens (tertiary/aromatic N) is 2. The van der Waals surface area contributed by atoms with Gasteiger partial charge in [0.25, 0.3) is 5.91 Å². The standard InChI is InChI=1S/C20H20FN3O/c1-14-3-8-19(15(2)13-14)20(25)22-11-9-17-10-12-24(23-17)18-6-4-16(21)5-7-18/h3-8,10,12-13H,9,11H2,1-2H3,(H,22,25). The summed E-state index contributed by atoms with van der Waals surface area (Å²) in [5, 5.41) is 7.38. The van der Waals surface area contributed by atoms with Crippen LogP contribution in [-0.4, -0.2) is 22.2 Å². The number of benzene rings is 2. The van der Waals surface area contributed by atoms with Gasteiger partial charge in [0.1, 0.15) is 5.82 Å². The summed E-state index contributed by atoms with van der Waals surface area (Å²) in [7, 11) is 0. The van der Waals surface area contributed by atoms with Gasteiger partial charge >= 0.3 is 0 Å². The van der Waals surface area contributed by atoms with Gasteiger partial charge in [-0.1, -0.05) is 17.7 Å². The maximum atomic E-state index is 13.0. The molecule has 1 N–H and O–H groups in total. The minimum atomic E-state index is -0.273. The molecule has 0 bridgehead atoms. The van der Waals surface area contributed by atoms with Crippen molar-refractivity contribution in [3.05, 3.63) is 82.9 Å². The summed E-state index contributed by atoms with van der Waals surface area (Å²) in [6.07, 6.45) is 2.46. The van der Waals surface area contributed by atoms with Gasteiger partial charge in [-0.15, -0.1) is 0 Å². The van der Waals surface area contributed by atoms with Crippen LogP contribution in [0, 0.1) is 19.7 Å². The van der Waals surface area contributed by atoms with Crippen LogP contribution in [0.1, 0.15) is 27.2 Å². The molecule has 1 heterocycles. The average Bonchev–Trinajstić information content (AvgIpc) is 3.04. The zero-order valence-electron chi connectivity index (χ0n) is 14.3. The molecular weight excluding hydrogens is 317 g/mol. The number of hydrogen-bond acceptors (Lipinski definition) is 2. The topological polar surface area (TPSA) is 46.9 Å². The second-order valence-electron chi connectivity index (χ2n) is 6.05. The van der Waals surface area contributed by atoms with Gasteiger partial charge in [0.05, 0.1) is 11.4 Å². The third-order valence-corrected chi connectivity index (χ3v) is 4.03. The molecule has 4 nitrogen and oxygen atoms in total. The van der Waals surface area contributed by atoms with Gasteiger partial charge in [0.2, 0.25) is 0 Å². The van der Waals surface area contributed by atoms with E-state index in [-0.39, 0.29) is 11.7 Å². The van der Waals surface area contributed by atoms with Crippen molar-refractivity contribution in [2.45, 2.75) is 20.3 Å². The van der Waals surface area contributed by atoms with Crippen molar-refractivity contribution < 1.29 is 9.18 Å². The summed E-state index contributed by atoms with van der Waals surface area (Å²) in [4.78, 5) is 12.3. The summed E-state index contributed by atoms with van der Waals surface area (Å²) in [6.45, 7) is 4.45. The number of carbonyl (C=O) groups is 1. The summed E-state index contributed by atoms with van der Waals surface area (Å²) in [5.74, 6) is -0.347. The summed E-state index contributed by atoms with van der Waals surface area (Å²) < 4.78 is 14.7. The van der Waals surface area contributed by atoms with Crippen LogP contribution in [0.4, 0.5) is 4.39 Å². The molecule has 3 aromatic rings. The van der Waals surface area contributed by atoms with E-state index in [9.17, 15) is 9.18 Å². The van der Waals surface area contributed by atoms with E-state index in [1.54, 1.807) is 16.8 Å². The lowest BCUT2D eigenvalue weighted by molar-refractivity contribution is 0.0953. The third-order valence-electron chi connectivity index (χ3n) is 4.03. The molecule has 0 saturated carbocycles. The first-order chi connectivity index (χ1) is 12.0. The van der Waals surface area contributed by atoms with Gasteiger partial charge in [-0.2, -0.15) is 5.10 Å². The molecule has 0 aliphatic heterocycles. The minimum absolute atomic E-state index is 0.0736. The Bertz CT molecular complexity index is 884. The van der Waals surface area contributed by atoms with Crippen LogP contribution in [0.2, 0.25) is 0 Å². The molecule has 0 saturated heterocycles. The normalized spacial score (nSPS) is 10.7. The van der Waals surface area contributed by atoms with Crippen LogP contribution in [0.3, 0.4) is 0 Å². The molecule has 128 valence electrons. The molecule has 0 aliphatic carbocycles. The highest BCUT2D eigenvalue weighted by Gasteiger charge is 2.09. The second kappa shape index (κ2) is 7.30. The predicted molar refractivity (Wildman–Crippen MR) is 95.5 cm³/mol. The van der Waals surface area contributed by atoms with Crippen molar-refractivity contribution >= 4 is 5.91 Å². The maximum Gasteiger partial charge on any atom is 0.251 e. The Labute approximate surface area is 146 Å². The number of nitrogens with one attached hydrogen (secondary N) is 1. The van der Waals surface area contributed by atoms with Crippen molar-refractivity contribution in [1.82, 2.24) is 15.1 Å². The number of amides is 1. The molecule has 5 heteroatoms. The third kappa shape index (κ3) is 4.12. The minimum Gasteiger partial charge on any atom is -0.352 e. The van der Waals surface area contributed by atoms with Crippen molar-refractivity contribution in [2.24, 2.45) is 0 Å². The fraction of sp³-hybridized carbons (Fsp3) is 0.200. The largest absolute Gasteiger partial charge is 0.352 e. The molecular formula is C20H20FN3O. The van der Waals surface area contributed by atoms with Gasteiger partial charge < -0.3 is 5.32 Å². The van der Waals surface area contributed by atoms with Gasteiger partial charge in [-0.25, -0.2) is 9.07 Å². The number of aryl methyl sites for hydroxylation is 2. The predicted octanol–water partition coefficient (Wildman–Crippen LogP) is 3.60. The first kappa shape index (κ1) is 16.9. The first-order valence-electron chi connectivity index (χ1n) is 8.19. The van der Waals surface area contributed by atoms with E-state index in [1.807, 2.05) is 44.3 Å². The number of halogens is 1. The fourth-order valence-electron chi connectivity index (χ4n) is 2.70. The van der Waals surface area contributed by atoms with Gasteiger partial charge in [0, 0.05) is 24.7 Å². The Morgan fingerprint density at radius 3 is 2.60 bits per heavy atom. The quantitative estimate of drug-likeness (QED) is 0.773. The Morgan fingerprint density at radius 1 is 1.12 bits per heavy atom. The van der Waals surface area contributed by atoms with Crippen molar-refractivity contribution in [1.29, 1.82) is 0 Å². The number of carbonyl (C=O) groups excluding carboxylic acids is 1. The van der Waals surface area contributed by atoms with E-state index in [0.717, 1.165) is 22.5 Å². The van der Waals surface area contributed by atoms with Crippen LogP contribution in [0.25, 0.3) is 5.69 Å². The van der Waals surface area contributed by atoms with E-state index >= 15 is 0 Å². The lowest BCUT2D eigenvalue weighted by atomic mass is 10.1. The van der Waals surface area contributed by atoms with Crippen LogP contribution in [-0.2, 0) is 6.42 Å². The molecule has 25 heavy (non-hydrogen) atoms. The molecule has 1 aromatic heterocycles. The van der Waals surface area contributed by atoms with E-state index in [2.05, 4.69) is 10.4 Å². The van der Waals surface area contributed by atoms with Crippen LogP contribution in [0.15, 0.2) is 54.7 Å². The number of hydrogen-bond donors (Lipinski definition) is 1. The van der Waals surface area contributed by atoms with Gasteiger partial charge in [0.15, 0.2) is 0 Å². The summed E-state index contributed by atoms with van der Waals surface area (Å²) in [5.41, 5.74) is 4.47. The van der Waals surface area contributed by atoms with Gasteiger partial charge in [-0.3, -0.25) is 4.79 Å². The van der Waals surface area contributed by atoms with Crippen LogP contribution in [0.5, 0.6) is 0 Å². The Hall–Kier alpha value is -2.95. The molecule has 1 amide bonds. The average molecular weight is 337 g/mol. The van der Waals surface area contributed by atoms with Crippen LogP contribution >= 0.6 is 0 Å². The van der Waals surface area contributed by atoms with E-state index in [1.165, 1.54) is 12.1 Å². The first-order valence-corrected chi connectivity index (χ1v) is 8.19. The molecule has 0 aliphatic rings. The Balaban J connectivity index is 1.57. The summed E-state index contributed by atoms with van der Waals surface area (Å²) >= 11 is 0. The lowest BCUT2D eigenvalue weighted by Crippen LogP contribution is -2.26. The van der Waals surface area contributed by atoms with Crippen LogP contribution < -0.4 is 5.32 Å². The fourth-order valence-corrected chi connectivity index (χ4v) is 2.70. The van der Waals surface area contributed by atoms with E-state index < -0.39 is 0 Å². The van der Waals surface area contributed by atoms with E-state index in [4.69, 9.17) is 0 Å². The van der Waals surface area contributed by atoms with Crippen molar-refractivity contribution in [3.8, 4) is 5.69 Å². The maximum absolute atomic E-state index is 13.0. The number of aromatic nitrogens is 2. The SMILES string of the molecule is Cc1ccc(C(=O)NCCc2ccn(-c3ccc(F)cc3)n2)c(C)c1. The second-order valence-corrected chi connectivity index (χ2v) is 6.05. The smallest absolute Gasteiger partial charge is 0.251 e. The number of rotatable bonds is 5. The zero-order valence-corrected chi connectivity index (χ0v) is 14.3. The van der Waals surface area contributed by atoms with Gasteiger partial charge in [-0.05, 0) is 55.8 Å². The summed E-state index contributed by atoms with van der Waals surface area (Å²) in [6, 6.07) is 13.8. The molecule has 0 atom stereocenters. The highest BCUT2D eigenvalue weighted by Crippen LogP contribution is 2.11. The monoisotopic (exact) mass is 337 g/mol. The highest BCUT2D eigenvalue weighted by atomic mass is 19.1. The van der Waals surface area contributed by atoms with Crippen molar-refractivity contribution in [2.75, 3.05) is 6.54 Å². The Morgan fingerprint density at radius 2 is 1.88 bits per heavy atom. The molecule has 3 rings (SSSR count). The highest BCUT2D eigenvalue weighted by molar-refractivity contribution is 5.95. The lowest BCUT2D eigenvalue weighted by Gasteiger charge is -2.07. The Kier molecular flexibility index (Phi) is 4.93. The molecule has 0 fully saturated rings. The zero-order chi connectivity index (χ0) is 17.8. The van der Waals surface area contributed by atoms with E-state index in [0.29, 0.717) is 18.5 Å². The molecule has 0 unspecified atom stereocenters. The van der Waals surface area contributed by atoms with Crippen molar-refractivity contribution in [3.63, 3.8) is 0 Å². The molecule has 0 radical (unpaired) electrons. The molecule has 0 spiro atoms. The molecule has 2 aromatic carbocycles.